The van der Waals surface area contributed by atoms with Crippen molar-refractivity contribution in [3.63, 3.8) is 0 Å². The van der Waals surface area contributed by atoms with E-state index in [1.165, 1.54) is 32.1 Å². The zero-order valence-electron chi connectivity index (χ0n) is 11.6. The molecule has 1 heterocycles. The van der Waals surface area contributed by atoms with E-state index in [9.17, 15) is 4.79 Å². The third-order valence-corrected chi connectivity index (χ3v) is 5.17. The van der Waals surface area contributed by atoms with E-state index in [-0.39, 0.29) is 5.92 Å². The smallest absolute Gasteiger partial charge is 0.138 e. The van der Waals surface area contributed by atoms with Crippen molar-refractivity contribution in [3.05, 3.63) is 0 Å². The fraction of sp³-hybridized carbons (Fsp3) is 0.933. The van der Waals surface area contributed by atoms with Gasteiger partial charge in [0.15, 0.2) is 0 Å². The van der Waals surface area contributed by atoms with Crippen LogP contribution in [0, 0.1) is 11.8 Å². The van der Waals surface area contributed by atoms with Crippen molar-refractivity contribution in [2.75, 3.05) is 6.54 Å². The summed E-state index contributed by atoms with van der Waals surface area (Å²) in [4.78, 5) is 14.4. The van der Waals surface area contributed by atoms with Crippen LogP contribution in [0.25, 0.3) is 0 Å². The molecule has 0 amide bonds. The first-order chi connectivity index (χ1) is 8.13. The average Bonchev–Trinajstić information content (AvgIpc) is 2.36. The molecule has 2 rings (SSSR count). The zero-order chi connectivity index (χ0) is 12.4. The molecule has 0 aromatic carbocycles. The second-order valence-corrected chi connectivity index (χ2v) is 6.08. The van der Waals surface area contributed by atoms with Crippen LogP contribution in [-0.2, 0) is 4.79 Å². The highest BCUT2D eigenvalue weighted by Crippen LogP contribution is 2.33. The second kappa shape index (κ2) is 5.51. The number of hydrogen-bond donors (Lipinski definition) is 0. The van der Waals surface area contributed by atoms with Gasteiger partial charge in [-0.3, -0.25) is 9.69 Å². The number of carbonyl (C=O) groups excluding carboxylic acids is 1. The van der Waals surface area contributed by atoms with Crippen molar-refractivity contribution in [1.82, 2.24) is 4.90 Å². The minimum atomic E-state index is 0.241. The molecule has 0 aromatic heterocycles. The van der Waals surface area contributed by atoms with Crippen molar-refractivity contribution >= 4 is 5.78 Å². The van der Waals surface area contributed by atoms with Gasteiger partial charge in [0, 0.05) is 31.0 Å². The summed E-state index contributed by atoms with van der Waals surface area (Å²) in [6.07, 6.45) is 7.62. The summed E-state index contributed by atoms with van der Waals surface area (Å²) in [5, 5.41) is 0. The van der Waals surface area contributed by atoms with Crippen molar-refractivity contribution < 1.29 is 4.79 Å². The Morgan fingerprint density at radius 1 is 1.29 bits per heavy atom. The molecule has 2 aliphatic rings. The Labute approximate surface area is 106 Å². The van der Waals surface area contributed by atoms with E-state index in [0.29, 0.717) is 11.8 Å². The minimum absolute atomic E-state index is 0.241. The van der Waals surface area contributed by atoms with Crippen molar-refractivity contribution in [3.8, 4) is 0 Å². The monoisotopic (exact) mass is 237 g/mol. The summed E-state index contributed by atoms with van der Waals surface area (Å²) in [6.45, 7) is 7.68. The highest BCUT2D eigenvalue weighted by Gasteiger charge is 2.36. The topological polar surface area (TPSA) is 20.3 Å². The lowest BCUT2D eigenvalue weighted by Gasteiger charge is -2.45. The van der Waals surface area contributed by atoms with E-state index >= 15 is 0 Å². The predicted octanol–water partition coefficient (Wildman–Crippen LogP) is 3.25. The van der Waals surface area contributed by atoms with Gasteiger partial charge < -0.3 is 0 Å². The summed E-state index contributed by atoms with van der Waals surface area (Å²) in [6, 6.07) is 1.20. The molecule has 2 nitrogen and oxygen atoms in total. The Bertz CT molecular complexity index is 276. The average molecular weight is 237 g/mol. The van der Waals surface area contributed by atoms with E-state index in [2.05, 4.69) is 25.7 Å². The van der Waals surface area contributed by atoms with Gasteiger partial charge in [0.25, 0.3) is 0 Å². The van der Waals surface area contributed by atoms with Crippen LogP contribution in [0.1, 0.15) is 59.3 Å². The Kier molecular flexibility index (Phi) is 4.24. The van der Waals surface area contributed by atoms with Crippen molar-refractivity contribution in [1.29, 1.82) is 0 Å². The summed E-state index contributed by atoms with van der Waals surface area (Å²) < 4.78 is 0. The second-order valence-electron chi connectivity index (χ2n) is 6.08. The number of likely N-dealkylation sites (tertiary alicyclic amines) is 1. The molecule has 2 fully saturated rings. The van der Waals surface area contributed by atoms with E-state index in [0.717, 1.165) is 24.9 Å². The quantitative estimate of drug-likeness (QED) is 0.735. The molecule has 4 atom stereocenters. The maximum absolute atomic E-state index is 11.7. The van der Waals surface area contributed by atoms with Crippen LogP contribution in [0.2, 0.25) is 0 Å². The molecule has 0 bridgehead atoms. The van der Waals surface area contributed by atoms with E-state index in [4.69, 9.17) is 0 Å². The van der Waals surface area contributed by atoms with Crippen LogP contribution >= 0.6 is 0 Å². The van der Waals surface area contributed by atoms with E-state index in [1.54, 1.807) is 0 Å². The zero-order valence-corrected chi connectivity index (χ0v) is 11.6. The Morgan fingerprint density at radius 3 is 2.76 bits per heavy atom. The Balaban J connectivity index is 1.99. The molecule has 17 heavy (non-hydrogen) atoms. The fourth-order valence-electron chi connectivity index (χ4n) is 3.68. The molecule has 0 radical (unpaired) electrons. The molecule has 1 aliphatic heterocycles. The van der Waals surface area contributed by atoms with Gasteiger partial charge in [0.2, 0.25) is 0 Å². The molecule has 98 valence electrons. The fourth-order valence-corrected chi connectivity index (χ4v) is 3.68. The third kappa shape index (κ3) is 2.73. The minimum Gasteiger partial charge on any atom is -0.299 e. The highest BCUT2D eigenvalue weighted by atomic mass is 16.1. The molecule has 1 aliphatic carbocycles. The number of piperidine rings is 1. The number of Topliss-reactive ketones (excluding diaryl/α,β-unsaturated/α-hetero) is 1. The number of ketones is 1. The van der Waals surface area contributed by atoms with Crippen LogP contribution in [0.5, 0.6) is 0 Å². The third-order valence-electron chi connectivity index (χ3n) is 5.17. The molecule has 2 heteroatoms. The Morgan fingerprint density at radius 2 is 2.06 bits per heavy atom. The van der Waals surface area contributed by atoms with Crippen molar-refractivity contribution in [2.45, 2.75) is 71.4 Å². The van der Waals surface area contributed by atoms with Crippen molar-refractivity contribution in [2.24, 2.45) is 11.8 Å². The number of nitrogens with zero attached hydrogens (tertiary/aromatic N) is 1. The van der Waals surface area contributed by atoms with Crippen LogP contribution in [0.3, 0.4) is 0 Å². The maximum atomic E-state index is 11.7. The standard InChI is InChI=1S/C15H27NO/c1-4-13-6-5-7-14(10-13)16-9-8-15(17)11(2)12(16)3/h11-14H,4-10H2,1-3H3. The lowest BCUT2D eigenvalue weighted by Crippen LogP contribution is -2.52. The van der Waals surface area contributed by atoms with Gasteiger partial charge in [-0.15, -0.1) is 0 Å². The normalized spacial score (nSPS) is 40.5. The van der Waals surface area contributed by atoms with E-state index in [1.807, 2.05) is 0 Å². The lowest BCUT2D eigenvalue weighted by molar-refractivity contribution is -0.129. The first kappa shape index (κ1) is 13.1. The van der Waals surface area contributed by atoms with Gasteiger partial charge in [0.05, 0.1) is 0 Å². The molecular weight excluding hydrogens is 210 g/mol. The Hall–Kier alpha value is -0.370. The van der Waals surface area contributed by atoms with Gasteiger partial charge in [-0.1, -0.05) is 33.1 Å². The predicted molar refractivity (Wildman–Crippen MR) is 71.0 cm³/mol. The molecule has 1 saturated heterocycles. The molecule has 1 saturated carbocycles. The summed E-state index contributed by atoms with van der Waals surface area (Å²) in [5.74, 6) is 1.64. The largest absolute Gasteiger partial charge is 0.299 e. The molecular formula is C15H27NO. The van der Waals surface area contributed by atoms with Gasteiger partial charge >= 0.3 is 0 Å². The summed E-state index contributed by atoms with van der Waals surface area (Å²) in [7, 11) is 0. The maximum Gasteiger partial charge on any atom is 0.138 e. The van der Waals surface area contributed by atoms with E-state index < -0.39 is 0 Å². The van der Waals surface area contributed by atoms with Gasteiger partial charge in [0.1, 0.15) is 5.78 Å². The SMILES string of the molecule is CCC1CCCC(N2CCC(=O)C(C)C2C)C1. The number of rotatable bonds is 2. The van der Waals surface area contributed by atoms with Crippen LogP contribution in [0.4, 0.5) is 0 Å². The van der Waals surface area contributed by atoms with Gasteiger partial charge in [-0.05, 0) is 25.7 Å². The molecule has 0 aromatic rings. The first-order valence-corrected chi connectivity index (χ1v) is 7.42. The molecule has 0 N–H and O–H groups in total. The molecule has 0 spiro atoms. The lowest BCUT2D eigenvalue weighted by atomic mass is 9.80. The summed E-state index contributed by atoms with van der Waals surface area (Å²) >= 11 is 0. The van der Waals surface area contributed by atoms with Gasteiger partial charge in [-0.25, -0.2) is 0 Å². The van der Waals surface area contributed by atoms with Crippen LogP contribution in [0.15, 0.2) is 0 Å². The van der Waals surface area contributed by atoms with Crippen LogP contribution < -0.4 is 0 Å². The first-order valence-electron chi connectivity index (χ1n) is 7.42. The van der Waals surface area contributed by atoms with Gasteiger partial charge in [-0.2, -0.15) is 0 Å². The summed E-state index contributed by atoms with van der Waals surface area (Å²) in [5.41, 5.74) is 0. The molecule has 4 unspecified atom stereocenters. The highest BCUT2D eigenvalue weighted by molar-refractivity contribution is 5.82. The number of hydrogen-bond acceptors (Lipinski definition) is 2. The number of carbonyl (C=O) groups is 1. The van der Waals surface area contributed by atoms with Crippen LogP contribution in [-0.4, -0.2) is 29.3 Å².